The number of nitrogens with zero attached hydrogens (tertiary/aromatic N) is 3. The van der Waals surface area contributed by atoms with Gasteiger partial charge in [0.2, 0.25) is 0 Å². The number of aromatic nitrogens is 2. The third kappa shape index (κ3) is 3.81. The number of hydrogen-bond donors (Lipinski definition) is 1. The summed E-state index contributed by atoms with van der Waals surface area (Å²) in [5.74, 6) is 1.81. The van der Waals surface area contributed by atoms with E-state index in [1.165, 1.54) is 5.56 Å². The first-order chi connectivity index (χ1) is 9.70. The van der Waals surface area contributed by atoms with Gasteiger partial charge in [-0.25, -0.2) is 4.98 Å². The van der Waals surface area contributed by atoms with E-state index < -0.39 is 0 Å². The Hall–Kier alpha value is -1.88. The number of aryl methyl sites for hydroxylation is 1. The van der Waals surface area contributed by atoms with Gasteiger partial charge < -0.3 is 14.6 Å². The summed E-state index contributed by atoms with van der Waals surface area (Å²) in [7, 11) is 2.01. The first-order valence-corrected chi connectivity index (χ1v) is 6.96. The van der Waals surface area contributed by atoms with Gasteiger partial charge in [0.15, 0.2) is 0 Å². The van der Waals surface area contributed by atoms with Crippen molar-refractivity contribution in [1.82, 2.24) is 15.3 Å². The molecular formula is C15H22N4O. The molecule has 2 aromatic heterocycles. The molecule has 0 atom stereocenters. The van der Waals surface area contributed by atoms with E-state index in [9.17, 15) is 0 Å². The van der Waals surface area contributed by atoms with E-state index in [2.05, 4.69) is 27.1 Å². The van der Waals surface area contributed by atoms with Gasteiger partial charge in [-0.1, -0.05) is 6.92 Å². The van der Waals surface area contributed by atoms with Crippen LogP contribution < -0.4 is 10.2 Å². The fraction of sp³-hybridized carbons (Fsp3) is 0.467. The molecule has 0 unspecified atom stereocenters. The van der Waals surface area contributed by atoms with E-state index in [0.717, 1.165) is 43.3 Å². The van der Waals surface area contributed by atoms with Crippen molar-refractivity contribution in [2.45, 2.75) is 33.4 Å². The molecule has 0 saturated carbocycles. The first kappa shape index (κ1) is 14.5. The SMILES string of the molecule is CCCNCc1cnc(N(C)Cc2ccoc2C)cn1. The predicted octanol–water partition coefficient (Wildman–Crippen LogP) is 2.51. The molecule has 2 rings (SSSR count). The summed E-state index contributed by atoms with van der Waals surface area (Å²) in [6.45, 7) is 6.66. The monoisotopic (exact) mass is 274 g/mol. The summed E-state index contributed by atoms with van der Waals surface area (Å²) in [5, 5.41) is 3.32. The molecule has 108 valence electrons. The van der Waals surface area contributed by atoms with Crippen molar-refractivity contribution in [2.75, 3.05) is 18.5 Å². The first-order valence-electron chi connectivity index (χ1n) is 6.96. The van der Waals surface area contributed by atoms with Gasteiger partial charge in [0, 0.05) is 25.7 Å². The van der Waals surface area contributed by atoms with Gasteiger partial charge in [0.1, 0.15) is 11.6 Å². The van der Waals surface area contributed by atoms with Crippen molar-refractivity contribution in [2.24, 2.45) is 0 Å². The number of anilines is 1. The highest BCUT2D eigenvalue weighted by atomic mass is 16.3. The lowest BCUT2D eigenvalue weighted by Crippen LogP contribution is -2.19. The van der Waals surface area contributed by atoms with Crippen LogP contribution in [0, 0.1) is 6.92 Å². The molecule has 5 nitrogen and oxygen atoms in total. The van der Waals surface area contributed by atoms with Crippen molar-refractivity contribution in [3.8, 4) is 0 Å². The zero-order valence-corrected chi connectivity index (χ0v) is 12.4. The molecule has 0 amide bonds. The maximum absolute atomic E-state index is 5.30. The fourth-order valence-corrected chi connectivity index (χ4v) is 1.94. The highest BCUT2D eigenvalue weighted by molar-refractivity contribution is 5.36. The highest BCUT2D eigenvalue weighted by Crippen LogP contribution is 2.15. The lowest BCUT2D eigenvalue weighted by Gasteiger charge is -2.17. The van der Waals surface area contributed by atoms with Crippen LogP contribution in [0.2, 0.25) is 0 Å². The summed E-state index contributed by atoms with van der Waals surface area (Å²) < 4.78 is 5.30. The minimum Gasteiger partial charge on any atom is -0.469 e. The van der Waals surface area contributed by atoms with E-state index in [0.29, 0.717) is 0 Å². The molecule has 2 aromatic rings. The molecule has 0 saturated heterocycles. The van der Waals surface area contributed by atoms with Crippen molar-refractivity contribution < 1.29 is 4.42 Å². The van der Waals surface area contributed by atoms with E-state index in [-0.39, 0.29) is 0 Å². The quantitative estimate of drug-likeness (QED) is 0.786. The largest absolute Gasteiger partial charge is 0.469 e. The number of hydrogen-bond acceptors (Lipinski definition) is 5. The van der Waals surface area contributed by atoms with Gasteiger partial charge in [0.05, 0.1) is 24.4 Å². The Labute approximate surface area is 120 Å². The van der Waals surface area contributed by atoms with Gasteiger partial charge in [-0.15, -0.1) is 0 Å². The van der Waals surface area contributed by atoms with Crippen molar-refractivity contribution in [1.29, 1.82) is 0 Å². The zero-order valence-electron chi connectivity index (χ0n) is 12.4. The Morgan fingerprint density at radius 3 is 2.75 bits per heavy atom. The highest BCUT2D eigenvalue weighted by Gasteiger charge is 2.08. The van der Waals surface area contributed by atoms with Crippen molar-refractivity contribution >= 4 is 5.82 Å². The molecular weight excluding hydrogens is 252 g/mol. The second kappa shape index (κ2) is 7.05. The maximum Gasteiger partial charge on any atom is 0.147 e. The standard InChI is InChI=1S/C15H22N4O/c1-4-6-16-8-14-9-18-15(10-17-14)19(3)11-13-5-7-20-12(13)2/h5,7,9-10,16H,4,6,8,11H2,1-3H3. The number of nitrogens with one attached hydrogen (secondary N) is 1. The summed E-state index contributed by atoms with van der Waals surface area (Å²) >= 11 is 0. The minimum absolute atomic E-state index is 0.768. The number of rotatable bonds is 7. The molecule has 0 aliphatic heterocycles. The second-order valence-corrected chi connectivity index (χ2v) is 4.90. The molecule has 0 aliphatic rings. The molecule has 0 spiro atoms. The molecule has 2 heterocycles. The lowest BCUT2D eigenvalue weighted by molar-refractivity contribution is 0.529. The van der Waals surface area contributed by atoms with Crippen molar-refractivity contribution in [3.05, 3.63) is 41.7 Å². The van der Waals surface area contributed by atoms with Crippen LogP contribution in [0.4, 0.5) is 5.82 Å². The van der Waals surface area contributed by atoms with E-state index in [4.69, 9.17) is 4.42 Å². The summed E-state index contributed by atoms with van der Waals surface area (Å²) in [6, 6.07) is 1.99. The van der Waals surface area contributed by atoms with Gasteiger partial charge in [-0.05, 0) is 26.0 Å². The smallest absolute Gasteiger partial charge is 0.147 e. The topological polar surface area (TPSA) is 54.2 Å². The maximum atomic E-state index is 5.30. The average Bonchev–Trinajstić information content (AvgIpc) is 2.85. The van der Waals surface area contributed by atoms with Crippen LogP contribution in [0.5, 0.6) is 0 Å². The van der Waals surface area contributed by atoms with Crippen LogP contribution in [-0.2, 0) is 13.1 Å². The molecule has 0 aliphatic carbocycles. The predicted molar refractivity (Wildman–Crippen MR) is 79.6 cm³/mol. The minimum atomic E-state index is 0.768. The number of furan rings is 1. The zero-order chi connectivity index (χ0) is 14.4. The molecule has 0 radical (unpaired) electrons. The normalized spacial score (nSPS) is 10.8. The summed E-state index contributed by atoms with van der Waals surface area (Å²) in [4.78, 5) is 11.0. The van der Waals surface area contributed by atoms with Crippen molar-refractivity contribution in [3.63, 3.8) is 0 Å². The van der Waals surface area contributed by atoms with E-state index in [1.54, 1.807) is 6.26 Å². The molecule has 0 bridgehead atoms. The molecule has 0 aromatic carbocycles. The van der Waals surface area contributed by atoms with Crippen LogP contribution in [0.3, 0.4) is 0 Å². The van der Waals surface area contributed by atoms with Crippen LogP contribution in [0.1, 0.15) is 30.4 Å². The fourth-order valence-electron chi connectivity index (χ4n) is 1.94. The molecule has 5 heteroatoms. The van der Waals surface area contributed by atoms with Crippen LogP contribution in [0.25, 0.3) is 0 Å². The van der Waals surface area contributed by atoms with Gasteiger partial charge in [-0.3, -0.25) is 4.98 Å². The van der Waals surface area contributed by atoms with Gasteiger partial charge in [0.25, 0.3) is 0 Å². The molecule has 1 N–H and O–H groups in total. The Kier molecular flexibility index (Phi) is 5.12. The van der Waals surface area contributed by atoms with Gasteiger partial charge in [-0.2, -0.15) is 0 Å². The van der Waals surface area contributed by atoms with Crippen LogP contribution in [0.15, 0.2) is 29.1 Å². The third-order valence-corrected chi connectivity index (χ3v) is 3.19. The Morgan fingerprint density at radius 2 is 2.15 bits per heavy atom. The molecule has 20 heavy (non-hydrogen) atoms. The Morgan fingerprint density at radius 1 is 1.30 bits per heavy atom. The third-order valence-electron chi connectivity index (χ3n) is 3.19. The lowest BCUT2D eigenvalue weighted by atomic mass is 10.2. The van der Waals surface area contributed by atoms with Crippen LogP contribution >= 0.6 is 0 Å². The Bertz CT molecular complexity index is 521. The average molecular weight is 274 g/mol. The summed E-state index contributed by atoms with van der Waals surface area (Å²) in [5.41, 5.74) is 2.14. The van der Waals surface area contributed by atoms with E-state index >= 15 is 0 Å². The van der Waals surface area contributed by atoms with E-state index in [1.807, 2.05) is 32.4 Å². The Balaban J connectivity index is 1.93. The van der Waals surface area contributed by atoms with Gasteiger partial charge >= 0.3 is 0 Å². The van der Waals surface area contributed by atoms with Crippen LogP contribution in [-0.4, -0.2) is 23.6 Å². The molecule has 0 fully saturated rings. The summed E-state index contributed by atoms with van der Waals surface area (Å²) in [6.07, 6.45) is 6.49. The second-order valence-electron chi connectivity index (χ2n) is 4.90.